The summed E-state index contributed by atoms with van der Waals surface area (Å²) >= 11 is 9.78. The molecule has 8 heteroatoms. The number of rotatable bonds is 12. The van der Waals surface area contributed by atoms with Crippen molar-refractivity contribution in [3.8, 4) is 0 Å². The smallest absolute Gasteiger partial charge is 0.254 e. The third-order valence-electron chi connectivity index (χ3n) is 5.78. The highest BCUT2D eigenvalue weighted by Gasteiger charge is 2.24. The van der Waals surface area contributed by atoms with Crippen LogP contribution < -0.4 is 0 Å². The fraction of sp³-hybridized carbons (Fsp3) is 0.357. The van der Waals surface area contributed by atoms with E-state index in [0.29, 0.717) is 43.4 Å². The first-order valence-corrected chi connectivity index (χ1v) is 13.1. The van der Waals surface area contributed by atoms with Gasteiger partial charge in [0, 0.05) is 53.7 Å². The number of amides is 2. The van der Waals surface area contributed by atoms with Crippen molar-refractivity contribution >= 4 is 39.3 Å². The summed E-state index contributed by atoms with van der Waals surface area (Å²) in [5.74, 6) is -0.0224. The van der Waals surface area contributed by atoms with Gasteiger partial charge in [-0.25, -0.2) is 0 Å². The summed E-state index contributed by atoms with van der Waals surface area (Å²) < 4.78 is 8.21. The quantitative estimate of drug-likeness (QED) is 0.278. The Labute approximate surface area is 226 Å². The Hall–Kier alpha value is -2.61. The minimum Gasteiger partial charge on any atom is -0.383 e. The summed E-state index contributed by atoms with van der Waals surface area (Å²) in [6.07, 6.45) is 2.00. The van der Waals surface area contributed by atoms with Crippen molar-refractivity contribution in [2.45, 2.75) is 26.9 Å². The number of carbonyl (C=O) groups excluding carboxylic acids is 2. The van der Waals surface area contributed by atoms with Gasteiger partial charge in [0.05, 0.1) is 13.2 Å². The second-order valence-electron chi connectivity index (χ2n) is 9.11. The molecule has 3 aromatic rings. The van der Waals surface area contributed by atoms with Crippen molar-refractivity contribution in [3.63, 3.8) is 0 Å². The third kappa shape index (κ3) is 7.95. The average Bonchev–Trinajstić information content (AvgIpc) is 3.29. The van der Waals surface area contributed by atoms with E-state index in [1.165, 1.54) is 0 Å². The van der Waals surface area contributed by atoms with E-state index in [2.05, 4.69) is 34.3 Å². The van der Waals surface area contributed by atoms with Crippen molar-refractivity contribution in [1.29, 1.82) is 0 Å². The zero-order chi connectivity index (χ0) is 26.1. The number of ether oxygens (including phenoxy) is 1. The van der Waals surface area contributed by atoms with Crippen LogP contribution in [0.4, 0.5) is 0 Å². The predicted octanol–water partition coefficient (Wildman–Crippen LogP) is 5.73. The summed E-state index contributed by atoms with van der Waals surface area (Å²) in [6.45, 7) is 6.47. The van der Waals surface area contributed by atoms with Gasteiger partial charge in [0.15, 0.2) is 0 Å². The van der Waals surface area contributed by atoms with Gasteiger partial charge < -0.3 is 19.1 Å². The molecule has 0 N–H and O–H groups in total. The first kappa shape index (κ1) is 28.0. The lowest BCUT2D eigenvalue weighted by Crippen LogP contribution is -2.45. The maximum Gasteiger partial charge on any atom is 0.254 e. The van der Waals surface area contributed by atoms with Gasteiger partial charge >= 0.3 is 0 Å². The second-order valence-corrected chi connectivity index (χ2v) is 10.4. The lowest BCUT2D eigenvalue weighted by molar-refractivity contribution is -0.133. The molecule has 192 valence electrons. The van der Waals surface area contributed by atoms with Crippen LogP contribution in [0.1, 0.15) is 35.5 Å². The van der Waals surface area contributed by atoms with Crippen LogP contribution in [-0.2, 0) is 22.6 Å². The lowest BCUT2D eigenvalue weighted by Gasteiger charge is -2.29. The predicted molar refractivity (Wildman–Crippen MR) is 147 cm³/mol. The number of benzene rings is 2. The molecule has 2 amide bonds. The van der Waals surface area contributed by atoms with Crippen molar-refractivity contribution < 1.29 is 14.3 Å². The summed E-state index contributed by atoms with van der Waals surface area (Å²) in [4.78, 5) is 30.2. The number of hydrogen-bond acceptors (Lipinski definition) is 3. The molecular weight excluding hydrogens is 542 g/mol. The number of carbonyl (C=O) groups is 2. The Morgan fingerprint density at radius 3 is 2.42 bits per heavy atom. The Balaban J connectivity index is 1.78. The van der Waals surface area contributed by atoms with E-state index in [-0.39, 0.29) is 24.3 Å². The molecule has 0 aliphatic carbocycles. The number of methoxy groups -OCH3 is 1. The molecule has 1 aromatic heterocycles. The van der Waals surface area contributed by atoms with E-state index in [1.54, 1.807) is 24.1 Å². The Kier molecular flexibility index (Phi) is 10.6. The molecule has 0 aliphatic heterocycles. The number of hydrogen-bond donors (Lipinski definition) is 0. The van der Waals surface area contributed by atoms with Crippen LogP contribution >= 0.6 is 27.5 Å². The molecule has 0 radical (unpaired) electrons. The number of nitrogens with zero attached hydrogens (tertiary/aromatic N) is 3. The standard InChI is InChI=1S/C28H33BrClN3O3/c1-21(2)17-33(19-25-8-6-14-31(25)18-23-7-4-5-9-26(23)30)27(34)20-32(15-16-36-3)28(35)22-10-12-24(29)13-11-22/h4-14,21H,15-20H2,1-3H3. The lowest BCUT2D eigenvalue weighted by atomic mass is 10.1. The zero-order valence-corrected chi connectivity index (χ0v) is 23.3. The van der Waals surface area contributed by atoms with Gasteiger partial charge in [0.25, 0.3) is 5.91 Å². The fourth-order valence-electron chi connectivity index (χ4n) is 3.94. The monoisotopic (exact) mass is 573 g/mol. The van der Waals surface area contributed by atoms with Gasteiger partial charge in [-0.1, -0.05) is 59.6 Å². The van der Waals surface area contributed by atoms with Gasteiger partial charge in [-0.2, -0.15) is 0 Å². The van der Waals surface area contributed by atoms with Crippen LogP contribution in [0.2, 0.25) is 5.02 Å². The van der Waals surface area contributed by atoms with Crippen molar-refractivity contribution in [3.05, 3.63) is 93.2 Å². The first-order chi connectivity index (χ1) is 17.3. The molecule has 2 aromatic carbocycles. The van der Waals surface area contributed by atoms with Crippen LogP contribution in [0.15, 0.2) is 71.3 Å². The SMILES string of the molecule is COCCN(CC(=O)N(Cc1cccn1Cc1ccccc1Cl)CC(C)C)C(=O)c1ccc(Br)cc1. The molecular formula is C28H33BrClN3O3. The van der Waals surface area contributed by atoms with Crippen LogP contribution in [0.3, 0.4) is 0 Å². The zero-order valence-electron chi connectivity index (χ0n) is 21.0. The topological polar surface area (TPSA) is 54.8 Å². The minimum atomic E-state index is -0.195. The molecule has 36 heavy (non-hydrogen) atoms. The molecule has 0 bridgehead atoms. The summed E-state index contributed by atoms with van der Waals surface area (Å²) in [6, 6.07) is 18.9. The van der Waals surface area contributed by atoms with Gasteiger partial charge in [0.1, 0.15) is 6.54 Å². The molecule has 1 heterocycles. The minimum absolute atomic E-state index is 0.0177. The van der Waals surface area contributed by atoms with Gasteiger partial charge in [-0.05, 0) is 53.9 Å². The van der Waals surface area contributed by atoms with Gasteiger partial charge in [0.2, 0.25) is 5.91 Å². The highest BCUT2D eigenvalue weighted by Crippen LogP contribution is 2.19. The van der Waals surface area contributed by atoms with Gasteiger partial charge in [-0.3, -0.25) is 9.59 Å². The maximum absolute atomic E-state index is 13.5. The van der Waals surface area contributed by atoms with Crippen molar-refractivity contribution in [2.24, 2.45) is 5.92 Å². The Morgan fingerprint density at radius 2 is 1.75 bits per heavy atom. The fourth-order valence-corrected chi connectivity index (χ4v) is 4.40. The highest BCUT2D eigenvalue weighted by atomic mass is 79.9. The van der Waals surface area contributed by atoms with Crippen molar-refractivity contribution in [1.82, 2.24) is 14.4 Å². The van der Waals surface area contributed by atoms with E-state index in [4.69, 9.17) is 16.3 Å². The van der Waals surface area contributed by atoms with E-state index >= 15 is 0 Å². The van der Waals surface area contributed by atoms with Crippen LogP contribution in [0.25, 0.3) is 0 Å². The average molecular weight is 575 g/mol. The van der Waals surface area contributed by atoms with E-state index in [9.17, 15) is 9.59 Å². The molecule has 0 saturated carbocycles. The molecule has 0 atom stereocenters. The third-order valence-corrected chi connectivity index (χ3v) is 6.68. The Bertz CT molecular complexity index is 1150. The van der Waals surface area contributed by atoms with Crippen LogP contribution in [-0.4, -0.2) is 59.5 Å². The number of halogens is 2. The maximum atomic E-state index is 13.5. The molecule has 6 nitrogen and oxygen atoms in total. The Morgan fingerprint density at radius 1 is 1.03 bits per heavy atom. The summed E-state index contributed by atoms with van der Waals surface area (Å²) in [7, 11) is 1.59. The molecule has 0 aliphatic rings. The van der Waals surface area contributed by atoms with E-state index in [0.717, 1.165) is 15.7 Å². The number of aromatic nitrogens is 1. The van der Waals surface area contributed by atoms with Gasteiger partial charge in [-0.15, -0.1) is 0 Å². The second kappa shape index (κ2) is 13.6. The normalized spacial score (nSPS) is 11.1. The summed E-state index contributed by atoms with van der Waals surface area (Å²) in [5.41, 5.74) is 2.56. The summed E-state index contributed by atoms with van der Waals surface area (Å²) in [5, 5.41) is 0.715. The molecule has 0 unspecified atom stereocenters. The molecule has 0 spiro atoms. The van der Waals surface area contributed by atoms with Crippen LogP contribution in [0, 0.1) is 5.92 Å². The van der Waals surface area contributed by atoms with E-state index in [1.807, 2.05) is 59.6 Å². The van der Waals surface area contributed by atoms with Crippen LogP contribution in [0.5, 0.6) is 0 Å². The highest BCUT2D eigenvalue weighted by molar-refractivity contribution is 9.10. The van der Waals surface area contributed by atoms with E-state index < -0.39 is 0 Å². The first-order valence-electron chi connectivity index (χ1n) is 12.0. The molecule has 0 saturated heterocycles. The molecule has 0 fully saturated rings. The largest absolute Gasteiger partial charge is 0.383 e. The van der Waals surface area contributed by atoms with Crippen molar-refractivity contribution in [2.75, 3.05) is 33.4 Å². The molecule has 3 rings (SSSR count).